The Bertz CT molecular complexity index is 435. The molecule has 0 unspecified atom stereocenters. The Morgan fingerprint density at radius 2 is 1.89 bits per heavy atom. The molecule has 0 fully saturated rings. The minimum Gasteiger partial charge on any atom is -0.314 e. The van der Waals surface area contributed by atoms with Gasteiger partial charge in [0.05, 0.1) is 0 Å². The van der Waals surface area contributed by atoms with Crippen molar-refractivity contribution in [2.24, 2.45) is 5.92 Å². The number of halogens is 1. The van der Waals surface area contributed by atoms with Crippen molar-refractivity contribution in [1.29, 1.82) is 0 Å². The van der Waals surface area contributed by atoms with Crippen molar-refractivity contribution in [2.75, 3.05) is 6.54 Å². The lowest BCUT2D eigenvalue weighted by molar-refractivity contribution is 0.532. The SMILES string of the molecule is C=C(C(C)C)[C@H](CNC(C)C)c1ccc(C)c(F)c1. The average molecular weight is 263 g/mol. The maximum atomic E-state index is 13.8. The van der Waals surface area contributed by atoms with Crippen LogP contribution < -0.4 is 5.32 Å². The topological polar surface area (TPSA) is 12.0 Å². The van der Waals surface area contributed by atoms with Gasteiger partial charge in [-0.25, -0.2) is 4.39 Å². The summed E-state index contributed by atoms with van der Waals surface area (Å²) in [5.41, 5.74) is 2.85. The highest BCUT2D eigenvalue weighted by atomic mass is 19.1. The maximum Gasteiger partial charge on any atom is 0.126 e. The maximum absolute atomic E-state index is 13.8. The number of rotatable bonds is 6. The zero-order valence-corrected chi connectivity index (χ0v) is 12.8. The van der Waals surface area contributed by atoms with E-state index in [9.17, 15) is 4.39 Å². The van der Waals surface area contributed by atoms with E-state index >= 15 is 0 Å². The molecule has 0 aromatic heterocycles. The first-order chi connectivity index (χ1) is 8.82. The third kappa shape index (κ3) is 4.46. The van der Waals surface area contributed by atoms with Crippen molar-refractivity contribution < 1.29 is 4.39 Å². The molecule has 0 aliphatic carbocycles. The van der Waals surface area contributed by atoms with Crippen LogP contribution in [0.3, 0.4) is 0 Å². The summed E-state index contributed by atoms with van der Waals surface area (Å²) in [6.45, 7) is 15.3. The van der Waals surface area contributed by atoms with E-state index < -0.39 is 0 Å². The van der Waals surface area contributed by atoms with Crippen LogP contribution >= 0.6 is 0 Å². The molecule has 0 spiro atoms. The van der Waals surface area contributed by atoms with E-state index in [1.807, 2.05) is 12.1 Å². The molecular formula is C17H26FN. The second-order valence-electron chi connectivity index (χ2n) is 5.85. The molecule has 0 aliphatic heterocycles. The van der Waals surface area contributed by atoms with Gasteiger partial charge in [-0.3, -0.25) is 0 Å². The molecule has 1 N–H and O–H groups in total. The first-order valence-corrected chi connectivity index (χ1v) is 7.01. The summed E-state index contributed by atoms with van der Waals surface area (Å²) in [4.78, 5) is 0. The van der Waals surface area contributed by atoms with Gasteiger partial charge in [0.1, 0.15) is 5.82 Å². The van der Waals surface area contributed by atoms with Crippen LogP contribution in [-0.2, 0) is 0 Å². The Morgan fingerprint density at radius 3 is 2.37 bits per heavy atom. The number of benzene rings is 1. The van der Waals surface area contributed by atoms with Gasteiger partial charge in [-0.05, 0) is 30.0 Å². The van der Waals surface area contributed by atoms with E-state index in [2.05, 4.69) is 39.6 Å². The monoisotopic (exact) mass is 263 g/mol. The number of hydrogen-bond donors (Lipinski definition) is 1. The van der Waals surface area contributed by atoms with Crippen molar-refractivity contribution >= 4 is 0 Å². The average Bonchev–Trinajstić information content (AvgIpc) is 2.33. The largest absolute Gasteiger partial charge is 0.314 e. The lowest BCUT2D eigenvalue weighted by atomic mass is 9.85. The Labute approximate surface area is 116 Å². The van der Waals surface area contributed by atoms with Gasteiger partial charge >= 0.3 is 0 Å². The third-order valence-electron chi connectivity index (χ3n) is 3.52. The minimum absolute atomic E-state index is 0.136. The Hall–Kier alpha value is -1.15. The number of hydrogen-bond acceptors (Lipinski definition) is 1. The van der Waals surface area contributed by atoms with Crippen molar-refractivity contribution in [3.8, 4) is 0 Å². The fourth-order valence-corrected chi connectivity index (χ4v) is 2.04. The van der Waals surface area contributed by atoms with Crippen LogP contribution in [0.25, 0.3) is 0 Å². The summed E-state index contributed by atoms with van der Waals surface area (Å²) < 4.78 is 13.8. The van der Waals surface area contributed by atoms with Crippen LogP contribution in [0.2, 0.25) is 0 Å². The van der Waals surface area contributed by atoms with E-state index in [1.165, 1.54) is 0 Å². The highest BCUT2D eigenvalue weighted by Crippen LogP contribution is 2.29. The summed E-state index contributed by atoms with van der Waals surface area (Å²) in [6.07, 6.45) is 0. The molecule has 0 saturated carbocycles. The predicted octanol–water partition coefficient (Wildman–Crippen LogP) is 4.43. The van der Waals surface area contributed by atoms with E-state index in [-0.39, 0.29) is 11.7 Å². The molecule has 1 nitrogen and oxygen atoms in total. The quantitative estimate of drug-likeness (QED) is 0.749. The molecule has 0 saturated heterocycles. The van der Waals surface area contributed by atoms with Gasteiger partial charge in [0.2, 0.25) is 0 Å². The molecule has 106 valence electrons. The lowest BCUT2D eigenvalue weighted by Crippen LogP contribution is -2.29. The number of nitrogens with one attached hydrogen (secondary N) is 1. The molecule has 0 bridgehead atoms. The van der Waals surface area contributed by atoms with Crippen LogP contribution in [0.1, 0.15) is 44.7 Å². The third-order valence-corrected chi connectivity index (χ3v) is 3.52. The predicted molar refractivity (Wildman–Crippen MR) is 81.0 cm³/mol. The molecule has 1 aromatic rings. The molecule has 0 radical (unpaired) electrons. The zero-order chi connectivity index (χ0) is 14.6. The molecule has 0 amide bonds. The van der Waals surface area contributed by atoms with Gasteiger partial charge in [0.25, 0.3) is 0 Å². The first-order valence-electron chi connectivity index (χ1n) is 7.01. The highest BCUT2D eigenvalue weighted by molar-refractivity contribution is 5.32. The lowest BCUT2D eigenvalue weighted by Gasteiger charge is -2.24. The van der Waals surface area contributed by atoms with Crippen LogP contribution in [0.5, 0.6) is 0 Å². The van der Waals surface area contributed by atoms with E-state index in [0.717, 1.165) is 17.7 Å². The van der Waals surface area contributed by atoms with E-state index in [1.54, 1.807) is 13.0 Å². The Kier molecular flexibility index (Phi) is 5.74. The standard InChI is InChI=1S/C17H26FN/c1-11(2)14(6)16(10-19-12(3)4)15-8-7-13(5)17(18)9-15/h7-9,11-12,16,19H,6,10H2,1-5H3/t16-/m0/s1. The van der Waals surface area contributed by atoms with Gasteiger partial charge in [0.15, 0.2) is 0 Å². The molecule has 1 rings (SSSR count). The zero-order valence-electron chi connectivity index (χ0n) is 12.8. The molecule has 19 heavy (non-hydrogen) atoms. The second-order valence-corrected chi connectivity index (χ2v) is 5.85. The Balaban J connectivity index is 3.00. The van der Waals surface area contributed by atoms with E-state index in [0.29, 0.717) is 17.5 Å². The fourth-order valence-electron chi connectivity index (χ4n) is 2.04. The summed E-state index contributed by atoms with van der Waals surface area (Å²) in [5, 5.41) is 3.43. The van der Waals surface area contributed by atoms with Crippen molar-refractivity contribution in [2.45, 2.75) is 46.6 Å². The molecular weight excluding hydrogens is 237 g/mol. The smallest absolute Gasteiger partial charge is 0.126 e. The van der Waals surface area contributed by atoms with Crippen LogP contribution in [0.15, 0.2) is 30.4 Å². The minimum atomic E-state index is -0.136. The molecule has 2 heteroatoms. The summed E-state index contributed by atoms with van der Waals surface area (Å²) in [5.74, 6) is 0.421. The van der Waals surface area contributed by atoms with Gasteiger partial charge < -0.3 is 5.32 Å². The van der Waals surface area contributed by atoms with Gasteiger partial charge in [0, 0.05) is 18.5 Å². The van der Waals surface area contributed by atoms with Gasteiger partial charge in [-0.1, -0.05) is 52.0 Å². The van der Waals surface area contributed by atoms with E-state index in [4.69, 9.17) is 0 Å². The molecule has 0 aliphatic rings. The molecule has 1 aromatic carbocycles. The van der Waals surface area contributed by atoms with Gasteiger partial charge in [-0.2, -0.15) is 0 Å². The van der Waals surface area contributed by atoms with Crippen molar-refractivity contribution in [3.63, 3.8) is 0 Å². The Morgan fingerprint density at radius 1 is 1.26 bits per heavy atom. The van der Waals surface area contributed by atoms with Crippen LogP contribution in [0.4, 0.5) is 4.39 Å². The highest BCUT2D eigenvalue weighted by Gasteiger charge is 2.18. The summed E-state index contributed by atoms with van der Waals surface area (Å²) in [6, 6.07) is 5.92. The van der Waals surface area contributed by atoms with Crippen molar-refractivity contribution in [1.82, 2.24) is 5.32 Å². The van der Waals surface area contributed by atoms with Crippen molar-refractivity contribution in [3.05, 3.63) is 47.3 Å². The van der Waals surface area contributed by atoms with Gasteiger partial charge in [-0.15, -0.1) is 0 Å². The summed E-state index contributed by atoms with van der Waals surface area (Å²) in [7, 11) is 0. The normalized spacial score (nSPS) is 13.1. The van der Waals surface area contributed by atoms with Crippen LogP contribution in [-0.4, -0.2) is 12.6 Å². The number of aryl methyl sites for hydroxylation is 1. The van der Waals surface area contributed by atoms with Crippen LogP contribution in [0, 0.1) is 18.7 Å². The first kappa shape index (κ1) is 15.9. The second kappa shape index (κ2) is 6.85. The molecule has 1 atom stereocenters. The molecule has 0 heterocycles. The fraction of sp³-hybridized carbons (Fsp3) is 0.529. The summed E-state index contributed by atoms with van der Waals surface area (Å²) >= 11 is 0.